The van der Waals surface area contributed by atoms with Gasteiger partial charge in [0.25, 0.3) is 0 Å². The Morgan fingerprint density at radius 1 is 1.05 bits per heavy atom. The lowest BCUT2D eigenvalue weighted by atomic mass is 9.96. The molecule has 0 aliphatic carbocycles. The summed E-state index contributed by atoms with van der Waals surface area (Å²) in [5, 5.41) is 3.57. The Hall–Kier alpha value is -4.30. The summed E-state index contributed by atoms with van der Waals surface area (Å²) in [6, 6.07) is 19.9. The van der Waals surface area contributed by atoms with Gasteiger partial charge in [-0.25, -0.2) is 4.98 Å². The number of para-hydroxylation sites is 1. The first-order chi connectivity index (χ1) is 18.6. The number of fused-ring (bicyclic) bond motifs is 2. The molecule has 2 N–H and O–H groups in total. The number of benzene rings is 2. The van der Waals surface area contributed by atoms with Crippen molar-refractivity contribution in [2.24, 2.45) is 0 Å². The van der Waals surface area contributed by atoms with E-state index in [2.05, 4.69) is 39.2 Å². The number of rotatable bonds is 6. The lowest BCUT2D eigenvalue weighted by molar-refractivity contribution is 0.122. The maximum Gasteiger partial charge on any atom is 0.250 e. The van der Waals surface area contributed by atoms with Crippen LogP contribution in [-0.2, 0) is 11.2 Å². The molecule has 6 rings (SSSR count). The van der Waals surface area contributed by atoms with Crippen LogP contribution in [-0.4, -0.2) is 43.4 Å². The number of nitrogens with zero attached hydrogens (tertiary/aromatic N) is 2. The summed E-state index contributed by atoms with van der Waals surface area (Å²) in [5.41, 5.74) is 6.69. The molecule has 1 fully saturated rings. The summed E-state index contributed by atoms with van der Waals surface area (Å²) in [4.78, 5) is 22.0. The monoisotopic (exact) mass is 510 g/mol. The second-order valence-corrected chi connectivity index (χ2v) is 9.61. The van der Waals surface area contributed by atoms with Gasteiger partial charge in [0.15, 0.2) is 0 Å². The average Bonchev–Trinajstić information content (AvgIpc) is 2.96. The van der Waals surface area contributed by atoms with Gasteiger partial charge >= 0.3 is 0 Å². The normalized spacial score (nSPS) is 15.2. The highest BCUT2D eigenvalue weighted by Gasteiger charge is 2.22. The van der Waals surface area contributed by atoms with E-state index in [-0.39, 0.29) is 11.6 Å². The van der Waals surface area contributed by atoms with Crippen LogP contribution in [0.25, 0.3) is 11.3 Å². The fourth-order valence-corrected chi connectivity index (χ4v) is 5.10. The highest BCUT2D eigenvalue weighted by molar-refractivity contribution is 5.74. The van der Waals surface area contributed by atoms with Crippen molar-refractivity contribution in [1.29, 1.82) is 0 Å². The summed E-state index contributed by atoms with van der Waals surface area (Å²) in [5.74, 6) is 2.20. The lowest BCUT2D eigenvalue weighted by Crippen LogP contribution is -2.36. The number of hydrogen-bond donors (Lipinski definition) is 2. The van der Waals surface area contributed by atoms with Crippen LogP contribution in [0, 0.1) is 0 Å². The second-order valence-electron chi connectivity index (χ2n) is 9.61. The Balaban J connectivity index is 1.26. The molecule has 1 atom stereocenters. The Morgan fingerprint density at radius 2 is 1.92 bits per heavy atom. The zero-order valence-electron chi connectivity index (χ0n) is 21.5. The lowest BCUT2D eigenvalue weighted by Gasteiger charge is -2.29. The molecule has 2 aromatic carbocycles. The number of pyridine rings is 2. The minimum atomic E-state index is -0.130. The first-order valence-electron chi connectivity index (χ1n) is 12.8. The average molecular weight is 511 g/mol. The Morgan fingerprint density at radius 3 is 2.76 bits per heavy atom. The van der Waals surface area contributed by atoms with E-state index in [1.165, 1.54) is 0 Å². The fourth-order valence-electron chi connectivity index (χ4n) is 5.10. The predicted octanol–water partition coefficient (Wildman–Crippen LogP) is 5.15. The molecule has 8 heteroatoms. The van der Waals surface area contributed by atoms with Crippen LogP contribution in [0.4, 0.5) is 11.4 Å². The SMILES string of the molecule is COc1cc(C(C)Nc2ccc3c(c2)Cc2cccc(-c4cc(N5CCOCC5)cc(=O)[nH]4)c2O3)ccn1. The van der Waals surface area contributed by atoms with Crippen molar-refractivity contribution in [2.75, 3.05) is 43.6 Å². The van der Waals surface area contributed by atoms with Crippen molar-refractivity contribution >= 4 is 11.4 Å². The molecule has 4 aromatic rings. The van der Waals surface area contributed by atoms with Crippen LogP contribution in [0.2, 0.25) is 0 Å². The number of nitrogens with one attached hydrogen (secondary N) is 2. The first-order valence-corrected chi connectivity index (χ1v) is 12.8. The molecular weight excluding hydrogens is 480 g/mol. The third kappa shape index (κ3) is 4.82. The standard InChI is InChI=1S/C30H30N4O4/c1-19(20-8-9-31-29(16-20)36-2)32-23-6-7-27-22(15-23)14-21-4-3-5-25(30(21)38-27)26-17-24(18-28(35)33-26)34-10-12-37-13-11-34/h3-9,15-19,32H,10-14H2,1-2H3,(H,33,35). The summed E-state index contributed by atoms with van der Waals surface area (Å²) in [6.07, 6.45) is 2.49. The van der Waals surface area contributed by atoms with Crippen LogP contribution in [0.5, 0.6) is 17.4 Å². The van der Waals surface area contributed by atoms with E-state index in [9.17, 15) is 4.79 Å². The summed E-state index contributed by atoms with van der Waals surface area (Å²) >= 11 is 0. The van der Waals surface area contributed by atoms with Crippen molar-refractivity contribution < 1.29 is 14.2 Å². The van der Waals surface area contributed by atoms with Crippen molar-refractivity contribution in [3.05, 3.63) is 93.9 Å². The molecule has 0 saturated carbocycles. The van der Waals surface area contributed by atoms with Crippen molar-refractivity contribution in [1.82, 2.24) is 9.97 Å². The number of morpholine rings is 1. The highest BCUT2D eigenvalue weighted by Crippen LogP contribution is 2.43. The number of hydrogen-bond acceptors (Lipinski definition) is 7. The number of H-pyrrole nitrogens is 1. The van der Waals surface area contributed by atoms with Gasteiger partial charge < -0.3 is 29.4 Å². The molecule has 0 bridgehead atoms. The fraction of sp³-hybridized carbons (Fsp3) is 0.267. The van der Waals surface area contributed by atoms with Gasteiger partial charge in [-0.05, 0) is 54.4 Å². The van der Waals surface area contributed by atoms with Crippen molar-refractivity contribution in [2.45, 2.75) is 19.4 Å². The number of aromatic amines is 1. The van der Waals surface area contributed by atoms with E-state index in [4.69, 9.17) is 14.2 Å². The van der Waals surface area contributed by atoms with Crippen LogP contribution < -0.4 is 25.2 Å². The maximum absolute atomic E-state index is 12.6. The molecule has 0 spiro atoms. The maximum atomic E-state index is 12.6. The minimum Gasteiger partial charge on any atom is -0.481 e. The molecule has 2 aliphatic heterocycles. The Kier molecular flexibility index (Phi) is 6.47. The molecule has 194 valence electrons. The van der Waals surface area contributed by atoms with Crippen LogP contribution in [0.1, 0.15) is 29.7 Å². The molecule has 2 aromatic heterocycles. The molecule has 8 nitrogen and oxygen atoms in total. The summed E-state index contributed by atoms with van der Waals surface area (Å²) < 4.78 is 17.2. The van der Waals surface area contributed by atoms with E-state index < -0.39 is 0 Å². The highest BCUT2D eigenvalue weighted by atomic mass is 16.5. The van der Waals surface area contributed by atoms with Crippen LogP contribution >= 0.6 is 0 Å². The smallest absolute Gasteiger partial charge is 0.250 e. The molecule has 1 saturated heterocycles. The van der Waals surface area contributed by atoms with E-state index >= 15 is 0 Å². The van der Waals surface area contributed by atoms with Gasteiger partial charge in [-0.3, -0.25) is 4.79 Å². The van der Waals surface area contributed by atoms with Crippen molar-refractivity contribution in [3.8, 4) is 28.6 Å². The van der Waals surface area contributed by atoms with Crippen LogP contribution in [0.3, 0.4) is 0 Å². The van der Waals surface area contributed by atoms with Gasteiger partial charge in [0.05, 0.1) is 26.0 Å². The second kappa shape index (κ2) is 10.2. The van der Waals surface area contributed by atoms with Gasteiger partial charge in [-0.2, -0.15) is 0 Å². The van der Waals surface area contributed by atoms with E-state index in [0.717, 1.165) is 70.3 Å². The third-order valence-corrected chi connectivity index (χ3v) is 7.10. The zero-order valence-corrected chi connectivity index (χ0v) is 21.5. The molecule has 38 heavy (non-hydrogen) atoms. The zero-order chi connectivity index (χ0) is 26.1. The Bertz CT molecular complexity index is 1530. The van der Waals surface area contributed by atoms with Gasteiger partial charge in [0.2, 0.25) is 11.4 Å². The summed E-state index contributed by atoms with van der Waals surface area (Å²) in [7, 11) is 1.62. The molecule has 2 aliphatic rings. The number of ether oxygens (including phenoxy) is 3. The largest absolute Gasteiger partial charge is 0.481 e. The van der Waals surface area contributed by atoms with E-state index in [1.807, 2.05) is 42.5 Å². The molecule has 0 radical (unpaired) electrons. The van der Waals surface area contributed by atoms with Gasteiger partial charge in [-0.1, -0.05) is 12.1 Å². The van der Waals surface area contributed by atoms with E-state index in [0.29, 0.717) is 19.1 Å². The molecule has 1 unspecified atom stereocenters. The number of methoxy groups -OCH3 is 1. The molecular formula is C30H30N4O4. The molecule has 0 amide bonds. The summed E-state index contributed by atoms with van der Waals surface area (Å²) in [6.45, 7) is 4.97. The van der Waals surface area contributed by atoms with Gasteiger partial charge in [0.1, 0.15) is 11.5 Å². The topological polar surface area (TPSA) is 88.7 Å². The third-order valence-electron chi connectivity index (χ3n) is 7.10. The van der Waals surface area contributed by atoms with Crippen molar-refractivity contribution in [3.63, 3.8) is 0 Å². The van der Waals surface area contributed by atoms with Gasteiger partial charge in [0, 0.05) is 66.4 Å². The number of anilines is 2. The minimum absolute atomic E-state index is 0.0731. The van der Waals surface area contributed by atoms with E-state index in [1.54, 1.807) is 19.4 Å². The quantitative estimate of drug-likeness (QED) is 0.327. The number of aromatic nitrogens is 2. The Labute approximate surface area is 221 Å². The molecule has 4 heterocycles. The van der Waals surface area contributed by atoms with Gasteiger partial charge in [-0.15, -0.1) is 0 Å². The van der Waals surface area contributed by atoms with Crippen LogP contribution in [0.15, 0.2) is 71.7 Å². The predicted molar refractivity (Wildman–Crippen MR) is 148 cm³/mol. The first kappa shape index (κ1) is 24.1.